The number of benzene rings is 1. The Labute approximate surface area is 122 Å². The number of nitrogen functional groups attached to an aromatic ring is 1. The molecule has 4 heteroatoms. The van der Waals surface area contributed by atoms with Gasteiger partial charge in [0.15, 0.2) is 0 Å². The molecule has 112 valence electrons. The summed E-state index contributed by atoms with van der Waals surface area (Å²) >= 11 is 0. The molecule has 1 heterocycles. The molecule has 2 rings (SSSR count). The van der Waals surface area contributed by atoms with Crippen LogP contribution in [-0.2, 0) is 0 Å². The molecule has 1 saturated heterocycles. The van der Waals surface area contributed by atoms with E-state index < -0.39 is 0 Å². The molecule has 1 atom stereocenters. The number of nitrogens with two attached hydrogens (primary N) is 1. The maximum absolute atomic E-state index is 5.98. The van der Waals surface area contributed by atoms with Crippen molar-refractivity contribution in [2.45, 2.75) is 26.4 Å². The highest BCUT2D eigenvalue weighted by Crippen LogP contribution is 2.23. The van der Waals surface area contributed by atoms with Crippen molar-refractivity contribution in [2.24, 2.45) is 0 Å². The normalized spacial score (nSPS) is 18.9. The number of rotatable bonds is 5. The number of anilines is 1. The summed E-state index contributed by atoms with van der Waals surface area (Å²) in [5.41, 5.74) is 7.88. The quantitative estimate of drug-likeness (QED) is 0.836. The average Bonchev–Trinajstić information content (AvgIpc) is 2.41. The van der Waals surface area contributed by atoms with Crippen LogP contribution in [0.2, 0.25) is 0 Å². The van der Waals surface area contributed by atoms with Gasteiger partial charge >= 0.3 is 0 Å². The van der Waals surface area contributed by atoms with Gasteiger partial charge in [0.2, 0.25) is 0 Å². The van der Waals surface area contributed by atoms with Crippen molar-refractivity contribution in [3.05, 3.63) is 23.8 Å². The summed E-state index contributed by atoms with van der Waals surface area (Å²) < 4.78 is 5.95. The predicted octanol–water partition coefficient (Wildman–Crippen LogP) is 1.98. The molecular formula is C16H27N3O. The number of hydrogen-bond donors (Lipinski definition) is 1. The molecule has 0 saturated carbocycles. The van der Waals surface area contributed by atoms with Gasteiger partial charge in [0.25, 0.3) is 0 Å². The molecule has 0 spiro atoms. The van der Waals surface area contributed by atoms with E-state index in [1.165, 1.54) is 18.7 Å². The summed E-state index contributed by atoms with van der Waals surface area (Å²) in [5, 5.41) is 0. The lowest BCUT2D eigenvalue weighted by Crippen LogP contribution is -2.45. The number of likely N-dealkylation sites (N-methyl/N-ethyl adjacent to an activating group) is 1. The highest BCUT2D eigenvalue weighted by atomic mass is 16.5. The zero-order chi connectivity index (χ0) is 14.5. The van der Waals surface area contributed by atoms with Crippen LogP contribution in [0.5, 0.6) is 5.75 Å². The Morgan fingerprint density at radius 3 is 2.60 bits per heavy atom. The van der Waals surface area contributed by atoms with E-state index in [9.17, 15) is 0 Å². The lowest BCUT2D eigenvalue weighted by atomic mass is 10.2. The molecule has 4 nitrogen and oxygen atoms in total. The number of hydrogen-bond acceptors (Lipinski definition) is 4. The van der Waals surface area contributed by atoms with Crippen molar-refractivity contribution in [1.29, 1.82) is 0 Å². The molecule has 1 aromatic rings. The minimum atomic E-state index is 0.194. The molecule has 1 unspecified atom stereocenters. The lowest BCUT2D eigenvalue weighted by Gasteiger charge is -2.32. The van der Waals surface area contributed by atoms with E-state index >= 15 is 0 Å². The number of ether oxygens (including phenoxy) is 1. The molecule has 20 heavy (non-hydrogen) atoms. The topological polar surface area (TPSA) is 41.7 Å². The Hall–Kier alpha value is -1.26. The first-order chi connectivity index (χ1) is 9.54. The molecule has 1 aliphatic rings. The van der Waals surface area contributed by atoms with E-state index in [4.69, 9.17) is 10.5 Å². The molecule has 0 amide bonds. The van der Waals surface area contributed by atoms with Crippen molar-refractivity contribution >= 4 is 5.69 Å². The third-order valence-electron chi connectivity index (χ3n) is 3.94. The van der Waals surface area contributed by atoms with Crippen molar-refractivity contribution in [1.82, 2.24) is 9.80 Å². The number of aryl methyl sites for hydroxylation is 1. The van der Waals surface area contributed by atoms with Crippen molar-refractivity contribution < 1.29 is 4.74 Å². The van der Waals surface area contributed by atoms with Crippen LogP contribution >= 0.6 is 0 Å². The molecule has 0 radical (unpaired) electrons. The largest absolute Gasteiger partial charge is 0.489 e. The van der Waals surface area contributed by atoms with Gasteiger partial charge in [-0.1, -0.05) is 6.07 Å². The van der Waals surface area contributed by atoms with Crippen LogP contribution in [-0.4, -0.2) is 55.7 Å². The summed E-state index contributed by atoms with van der Waals surface area (Å²) in [5.74, 6) is 0.807. The maximum Gasteiger partial charge on any atom is 0.142 e. The second-order valence-corrected chi connectivity index (χ2v) is 5.90. The number of piperazine rings is 1. The summed E-state index contributed by atoms with van der Waals surface area (Å²) in [6.07, 6.45) is 1.23. The SMILES string of the molecule is Cc1ccc(OC(C)CCN2CCN(C)CC2)c(N)c1. The Balaban J connectivity index is 1.76. The Morgan fingerprint density at radius 1 is 1.25 bits per heavy atom. The molecular weight excluding hydrogens is 250 g/mol. The second kappa shape index (κ2) is 6.95. The highest BCUT2D eigenvalue weighted by Gasteiger charge is 2.15. The summed E-state index contributed by atoms with van der Waals surface area (Å²) in [6.45, 7) is 9.92. The lowest BCUT2D eigenvalue weighted by molar-refractivity contribution is 0.129. The first-order valence-corrected chi connectivity index (χ1v) is 7.48. The summed E-state index contributed by atoms with van der Waals surface area (Å²) in [7, 11) is 2.18. The number of nitrogens with zero attached hydrogens (tertiary/aromatic N) is 2. The van der Waals surface area contributed by atoms with Crippen LogP contribution in [0.25, 0.3) is 0 Å². The summed E-state index contributed by atoms with van der Waals surface area (Å²) in [4.78, 5) is 4.89. The van der Waals surface area contributed by atoms with Crippen molar-refractivity contribution in [3.8, 4) is 5.75 Å². The molecule has 1 fully saturated rings. The van der Waals surface area contributed by atoms with Crippen LogP contribution in [0.3, 0.4) is 0 Å². The minimum absolute atomic E-state index is 0.194. The Kier molecular flexibility index (Phi) is 5.26. The van der Waals surface area contributed by atoms with Gasteiger partial charge in [0.05, 0.1) is 11.8 Å². The van der Waals surface area contributed by atoms with Gasteiger partial charge in [-0.3, -0.25) is 0 Å². The Morgan fingerprint density at radius 2 is 1.95 bits per heavy atom. The molecule has 0 bridgehead atoms. The Bertz CT molecular complexity index is 428. The smallest absolute Gasteiger partial charge is 0.142 e. The molecule has 1 aliphatic heterocycles. The molecule has 1 aromatic carbocycles. The van der Waals surface area contributed by atoms with Crippen molar-refractivity contribution in [2.75, 3.05) is 45.5 Å². The monoisotopic (exact) mass is 277 g/mol. The van der Waals surface area contributed by atoms with E-state index in [-0.39, 0.29) is 6.10 Å². The average molecular weight is 277 g/mol. The van der Waals surface area contributed by atoms with Crippen LogP contribution in [0.15, 0.2) is 18.2 Å². The fraction of sp³-hybridized carbons (Fsp3) is 0.625. The van der Waals surface area contributed by atoms with Gasteiger partial charge in [0, 0.05) is 32.7 Å². The zero-order valence-corrected chi connectivity index (χ0v) is 12.9. The minimum Gasteiger partial charge on any atom is -0.489 e. The molecule has 0 aromatic heterocycles. The molecule has 0 aliphatic carbocycles. The van der Waals surface area contributed by atoms with Gasteiger partial charge in [-0.15, -0.1) is 0 Å². The molecule has 2 N–H and O–H groups in total. The van der Waals surface area contributed by atoms with Crippen LogP contribution < -0.4 is 10.5 Å². The predicted molar refractivity (Wildman–Crippen MR) is 84.2 cm³/mol. The van der Waals surface area contributed by atoms with Gasteiger partial charge < -0.3 is 20.3 Å². The van der Waals surface area contributed by atoms with E-state index in [0.717, 1.165) is 37.5 Å². The van der Waals surface area contributed by atoms with E-state index in [1.54, 1.807) is 0 Å². The zero-order valence-electron chi connectivity index (χ0n) is 12.9. The fourth-order valence-corrected chi connectivity index (χ4v) is 2.49. The fourth-order valence-electron chi connectivity index (χ4n) is 2.49. The third kappa shape index (κ3) is 4.39. The van der Waals surface area contributed by atoms with Crippen LogP contribution in [0, 0.1) is 6.92 Å². The van der Waals surface area contributed by atoms with Gasteiger partial charge in [0.1, 0.15) is 5.75 Å². The second-order valence-electron chi connectivity index (χ2n) is 5.90. The first-order valence-electron chi connectivity index (χ1n) is 7.48. The van der Waals surface area contributed by atoms with Gasteiger partial charge in [-0.2, -0.15) is 0 Å². The van der Waals surface area contributed by atoms with Crippen LogP contribution in [0.1, 0.15) is 18.9 Å². The van der Waals surface area contributed by atoms with Crippen LogP contribution in [0.4, 0.5) is 5.69 Å². The third-order valence-corrected chi connectivity index (χ3v) is 3.94. The first kappa shape index (κ1) is 15.1. The highest BCUT2D eigenvalue weighted by molar-refractivity contribution is 5.54. The van der Waals surface area contributed by atoms with E-state index in [1.807, 2.05) is 25.1 Å². The van der Waals surface area contributed by atoms with Gasteiger partial charge in [-0.25, -0.2) is 0 Å². The maximum atomic E-state index is 5.98. The van der Waals surface area contributed by atoms with E-state index in [0.29, 0.717) is 0 Å². The summed E-state index contributed by atoms with van der Waals surface area (Å²) in [6, 6.07) is 5.97. The van der Waals surface area contributed by atoms with Crippen molar-refractivity contribution in [3.63, 3.8) is 0 Å². The standard InChI is InChI=1S/C16H27N3O/c1-13-4-5-16(15(17)12-13)20-14(2)6-7-19-10-8-18(3)9-11-19/h4-5,12,14H,6-11,17H2,1-3H3. The van der Waals surface area contributed by atoms with Gasteiger partial charge in [-0.05, 0) is 45.0 Å². The van der Waals surface area contributed by atoms with E-state index in [2.05, 4.69) is 23.8 Å².